The lowest BCUT2D eigenvalue weighted by Crippen LogP contribution is -2.09. The molecule has 0 saturated carbocycles. The Bertz CT molecular complexity index is 294. The maximum absolute atomic E-state index is 10.7. The van der Waals surface area contributed by atoms with Crippen LogP contribution in [0.5, 0.6) is 0 Å². The summed E-state index contributed by atoms with van der Waals surface area (Å²) in [5, 5.41) is 6.35. The summed E-state index contributed by atoms with van der Waals surface area (Å²) in [6.07, 6.45) is 3.12. The van der Waals surface area contributed by atoms with E-state index in [1.165, 1.54) is 0 Å². The van der Waals surface area contributed by atoms with Gasteiger partial charge in [0, 0.05) is 18.0 Å². The van der Waals surface area contributed by atoms with Crippen LogP contribution in [0, 0.1) is 0 Å². The van der Waals surface area contributed by atoms with Crippen LogP contribution >= 0.6 is 0 Å². The van der Waals surface area contributed by atoms with Crippen molar-refractivity contribution in [3.05, 3.63) is 42.2 Å². The molecule has 1 amide bonds. The summed E-state index contributed by atoms with van der Waals surface area (Å²) in [6, 6.07) is 6.58. The molecule has 0 unspecified atom stereocenters. The number of hydrogen-bond donors (Lipinski definition) is 2. The number of nitrogens with one attached hydrogen (secondary N) is 1. The Kier molecular flexibility index (Phi) is 2.84. The molecule has 0 aliphatic heterocycles. The molecule has 1 heterocycles. The summed E-state index contributed by atoms with van der Waals surface area (Å²) in [5.41, 5.74) is 5.51. The van der Waals surface area contributed by atoms with E-state index in [4.69, 9.17) is 5.73 Å². The van der Waals surface area contributed by atoms with Crippen LogP contribution in [-0.4, -0.2) is 16.1 Å². The van der Waals surface area contributed by atoms with Crippen molar-refractivity contribution in [1.82, 2.24) is 10.2 Å². The van der Waals surface area contributed by atoms with Crippen molar-refractivity contribution in [3.63, 3.8) is 0 Å². The van der Waals surface area contributed by atoms with Crippen LogP contribution in [0.2, 0.25) is 0 Å². The van der Waals surface area contributed by atoms with Crippen molar-refractivity contribution in [2.45, 2.75) is 0 Å². The van der Waals surface area contributed by atoms with Gasteiger partial charge in [-0.15, -0.1) is 0 Å². The molecule has 0 bridgehead atoms. The summed E-state index contributed by atoms with van der Waals surface area (Å²) in [6.45, 7) is 0. The largest absolute Gasteiger partial charge is 0.366 e. The van der Waals surface area contributed by atoms with E-state index in [9.17, 15) is 4.79 Å². The molecule has 1 aromatic heterocycles. The topological polar surface area (TPSA) is 71.8 Å². The first-order valence-corrected chi connectivity index (χ1v) is 3.42. The minimum absolute atomic E-state index is 0.434. The monoisotopic (exact) mass is 163 g/mol. The fourth-order valence-electron chi connectivity index (χ4n) is 0.685. The Hall–Kier alpha value is -1.84. The highest BCUT2D eigenvalue weighted by molar-refractivity contribution is 5.92. The summed E-state index contributed by atoms with van der Waals surface area (Å²) in [7, 11) is 0. The number of carbonyl (C=O) groups excluding carboxylic acids is 1. The van der Waals surface area contributed by atoms with Crippen LogP contribution in [0.3, 0.4) is 0 Å². The molecule has 0 fully saturated rings. The molecule has 12 heavy (non-hydrogen) atoms. The molecular formula is C8H9N3O. The first-order chi connectivity index (χ1) is 5.80. The average molecular weight is 163 g/mol. The number of nitrogens with zero attached hydrogens (tertiary/aromatic N) is 1. The minimum atomic E-state index is -0.459. The van der Waals surface area contributed by atoms with E-state index in [-0.39, 0.29) is 0 Å². The van der Waals surface area contributed by atoms with Crippen LogP contribution in [0.1, 0.15) is 10.4 Å². The van der Waals surface area contributed by atoms with Crippen molar-refractivity contribution < 1.29 is 4.79 Å². The fraction of sp³-hybridized carbons (Fsp3) is 0. The van der Waals surface area contributed by atoms with Gasteiger partial charge in [0.25, 0.3) is 0 Å². The van der Waals surface area contributed by atoms with Crippen LogP contribution in [0.15, 0.2) is 36.7 Å². The van der Waals surface area contributed by atoms with E-state index in [0.717, 1.165) is 0 Å². The number of nitrogens with two attached hydrogens (primary N) is 1. The lowest BCUT2D eigenvalue weighted by molar-refractivity contribution is 0.100. The number of carbonyl (C=O) groups is 1. The van der Waals surface area contributed by atoms with Gasteiger partial charge in [-0.25, -0.2) is 0 Å². The van der Waals surface area contributed by atoms with Gasteiger partial charge in [-0.1, -0.05) is 6.07 Å². The van der Waals surface area contributed by atoms with Crippen molar-refractivity contribution in [2.75, 3.05) is 0 Å². The van der Waals surface area contributed by atoms with E-state index in [1.807, 2.05) is 0 Å². The Labute approximate surface area is 69.7 Å². The molecule has 0 aliphatic rings. The van der Waals surface area contributed by atoms with Gasteiger partial charge in [0.1, 0.15) is 0 Å². The van der Waals surface area contributed by atoms with Gasteiger partial charge in [-0.05, 0) is 18.2 Å². The van der Waals surface area contributed by atoms with E-state index < -0.39 is 5.91 Å². The van der Waals surface area contributed by atoms with Gasteiger partial charge in [-0.2, -0.15) is 5.10 Å². The predicted octanol–water partition coefficient (Wildman–Crippen LogP) is 0.633. The van der Waals surface area contributed by atoms with E-state index >= 15 is 0 Å². The number of rotatable bonds is 1. The molecule has 0 aromatic carbocycles. The zero-order valence-electron chi connectivity index (χ0n) is 6.40. The van der Waals surface area contributed by atoms with E-state index in [1.54, 1.807) is 36.7 Å². The van der Waals surface area contributed by atoms with Crippen molar-refractivity contribution >= 4 is 5.91 Å². The highest BCUT2D eigenvalue weighted by atomic mass is 16.1. The first-order valence-electron chi connectivity index (χ1n) is 3.42. The second-order valence-corrected chi connectivity index (χ2v) is 2.11. The number of amides is 1. The minimum Gasteiger partial charge on any atom is -0.366 e. The maximum Gasteiger partial charge on any atom is 0.248 e. The summed E-state index contributed by atoms with van der Waals surface area (Å²) in [5.74, 6) is -0.459. The van der Waals surface area contributed by atoms with Gasteiger partial charge < -0.3 is 5.73 Å². The second kappa shape index (κ2) is 4.12. The van der Waals surface area contributed by atoms with Crippen molar-refractivity contribution in [2.24, 2.45) is 5.73 Å². The predicted molar refractivity (Wildman–Crippen MR) is 44.7 cm³/mol. The number of aromatic nitrogens is 2. The Morgan fingerprint density at radius 3 is 3.00 bits per heavy atom. The highest BCUT2D eigenvalue weighted by Gasteiger charge is 1.92. The van der Waals surface area contributed by atoms with E-state index in [0.29, 0.717) is 5.56 Å². The van der Waals surface area contributed by atoms with Crippen molar-refractivity contribution in [3.8, 4) is 0 Å². The average Bonchev–Trinajstić information content (AvgIpc) is 2.15. The molecule has 62 valence electrons. The fourth-order valence-corrected chi connectivity index (χ4v) is 0.685. The van der Waals surface area contributed by atoms with E-state index in [2.05, 4.69) is 10.2 Å². The number of aromatic amines is 1. The Morgan fingerprint density at radius 2 is 2.25 bits per heavy atom. The SMILES string of the molecule is NC(=O)c1ccccn[nH]cc1. The molecule has 1 rings (SSSR count). The zero-order chi connectivity index (χ0) is 8.81. The van der Waals surface area contributed by atoms with Gasteiger partial charge >= 0.3 is 0 Å². The number of hydrogen-bond acceptors (Lipinski definition) is 2. The van der Waals surface area contributed by atoms with Crippen molar-refractivity contribution in [1.29, 1.82) is 0 Å². The highest BCUT2D eigenvalue weighted by Crippen LogP contribution is 1.90. The smallest absolute Gasteiger partial charge is 0.248 e. The third-order valence-electron chi connectivity index (χ3n) is 1.24. The molecule has 3 N–H and O–H groups in total. The molecule has 4 nitrogen and oxygen atoms in total. The Morgan fingerprint density at radius 1 is 1.42 bits per heavy atom. The van der Waals surface area contributed by atoms with Gasteiger partial charge in [0.05, 0.1) is 0 Å². The third-order valence-corrected chi connectivity index (χ3v) is 1.24. The quantitative estimate of drug-likeness (QED) is 0.637. The van der Waals surface area contributed by atoms with Crippen LogP contribution in [-0.2, 0) is 0 Å². The zero-order valence-corrected chi connectivity index (χ0v) is 6.40. The molecule has 1 aromatic rings. The van der Waals surface area contributed by atoms with Gasteiger partial charge in [0.2, 0.25) is 5.91 Å². The lowest BCUT2D eigenvalue weighted by Gasteiger charge is -1.86. The third kappa shape index (κ3) is 2.42. The molecule has 0 spiro atoms. The van der Waals surface area contributed by atoms with Crippen LogP contribution < -0.4 is 5.73 Å². The second-order valence-electron chi connectivity index (χ2n) is 2.11. The standard InChI is InChI=1S/C8H9N3O/c9-8(12)7-3-1-2-5-10-11-6-4-7/h1-6,11H,(H2,9,12). The molecule has 0 atom stereocenters. The summed E-state index contributed by atoms with van der Waals surface area (Å²) >= 11 is 0. The maximum atomic E-state index is 10.7. The Balaban J connectivity index is 3.19. The summed E-state index contributed by atoms with van der Waals surface area (Å²) < 4.78 is 0. The molecule has 0 radical (unpaired) electrons. The normalized spacial score (nSPS) is 8.67. The number of H-pyrrole nitrogens is 1. The molecular weight excluding hydrogens is 154 g/mol. The molecule has 4 heteroatoms. The first kappa shape index (κ1) is 8.26. The molecule has 0 saturated heterocycles. The van der Waals surface area contributed by atoms with Crippen LogP contribution in [0.4, 0.5) is 0 Å². The summed E-state index contributed by atoms with van der Waals surface area (Å²) in [4.78, 5) is 10.7. The lowest BCUT2D eigenvalue weighted by atomic mass is 10.3. The van der Waals surface area contributed by atoms with Gasteiger partial charge in [0.15, 0.2) is 0 Å². The van der Waals surface area contributed by atoms with Crippen LogP contribution in [0.25, 0.3) is 0 Å². The van der Waals surface area contributed by atoms with Gasteiger partial charge in [-0.3, -0.25) is 9.89 Å². The number of primary amides is 1. The molecule has 0 aliphatic carbocycles.